The number of amides is 2. The third-order valence-electron chi connectivity index (χ3n) is 4.61. The number of carbonyl (C=O) groups excluding carboxylic acids is 2. The molecule has 1 heterocycles. The molecule has 0 fully saturated rings. The highest BCUT2D eigenvalue weighted by atomic mass is 35.5. The van der Waals surface area contributed by atoms with E-state index in [1.54, 1.807) is 13.1 Å². The van der Waals surface area contributed by atoms with Crippen molar-refractivity contribution in [3.63, 3.8) is 0 Å². The fourth-order valence-corrected chi connectivity index (χ4v) is 3.36. The molecule has 2 atom stereocenters. The molecule has 0 saturated heterocycles. The number of nitrogens with two attached hydrogens (primary N) is 1. The van der Waals surface area contributed by atoms with Gasteiger partial charge in [0.2, 0.25) is 0 Å². The van der Waals surface area contributed by atoms with Gasteiger partial charge in [0, 0.05) is 18.0 Å². The molecular formula is C18H25ClN2O3. The number of rotatable bonds is 7. The molecule has 132 valence electrons. The Morgan fingerprint density at radius 1 is 1.38 bits per heavy atom. The molecule has 5 nitrogen and oxygen atoms in total. The Kier molecular flexibility index (Phi) is 6.10. The Morgan fingerprint density at radius 3 is 2.67 bits per heavy atom. The first-order chi connectivity index (χ1) is 11.4. The minimum Gasteiger partial charge on any atom is -0.477 e. The number of primary amides is 1. The van der Waals surface area contributed by atoms with E-state index in [4.69, 9.17) is 22.1 Å². The Balaban J connectivity index is 2.37. The number of fused-ring (bicyclic) bond motifs is 1. The maximum absolute atomic E-state index is 12.8. The van der Waals surface area contributed by atoms with Crippen LogP contribution in [-0.4, -0.2) is 25.0 Å². The van der Waals surface area contributed by atoms with Crippen LogP contribution in [0.15, 0.2) is 12.1 Å². The van der Waals surface area contributed by atoms with E-state index >= 15 is 0 Å². The SMILES string of the molecule is CCCCCC(CC)C1Oc2c(C(N)=O)cc(Cl)cc2N(C)C1=O. The molecular weight excluding hydrogens is 328 g/mol. The van der Waals surface area contributed by atoms with Gasteiger partial charge in [0.25, 0.3) is 11.8 Å². The molecule has 0 aliphatic carbocycles. The van der Waals surface area contributed by atoms with Gasteiger partial charge in [-0.1, -0.05) is 44.7 Å². The number of likely N-dealkylation sites (N-methyl/N-ethyl adjacent to an activating group) is 1. The van der Waals surface area contributed by atoms with Gasteiger partial charge in [-0.15, -0.1) is 0 Å². The van der Waals surface area contributed by atoms with E-state index in [0.717, 1.165) is 32.1 Å². The van der Waals surface area contributed by atoms with E-state index in [0.29, 0.717) is 16.5 Å². The van der Waals surface area contributed by atoms with E-state index in [9.17, 15) is 9.59 Å². The molecule has 1 aliphatic rings. The largest absolute Gasteiger partial charge is 0.477 e. The lowest BCUT2D eigenvalue weighted by molar-refractivity contribution is -0.128. The lowest BCUT2D eigenvalue weighted by atomic mass is 9.90. The predicted octanol–water partition coefficient (Wildman–Crippen LogP) is 3.77. The zero-order valence-electron chi connectivity index (χ0n) is 14.5. The summed E-state index contributed by atoms with van der Waals surface area (Å²) in [6.45, 7) is 4.20. The summed E-state index contributed by atoms with van der Waals surface area (Å²) >= 11 is 6.05. The molecule has 1 aliphatic heterocycles. The van der Waals surface area contributed by atoms with Gasteiger partial charge in [-0.25, -0.2) is 0 Å². The number of nitrogens with zero attached hydrogens (tertiary/aromatic N) is 1. The van der Waals surface area contributed by atoms with Gasteiger partial charge >= 0.3 is 0 Å². The first kappa shape index (κ1) is 18.6. The van der Waals surface area contributed by atoms with Crippen LogP contribution in [0.3, 0.4) is 0 Å². The van der Waals surface area contributed by atoms with Crippen molar-refractivity contribution in [3.8, 4) is 5.75 Å². The van der Waals surface area contributed by atoms with Crippen molar-refractivity contribution >= 4 is 29.1 Å². The smallest absolute Gasteiger partial charge is 0.268 e. The number of benzene rings is 1. The number of unbranched alkanes of at least 4 members (excludes halogenated alkanes) is 2. The molecule has 1 aromatic carbocycles. The highest BCUT2D eigenvalue weighted by Gasteiger charge is 2.38. The molecule has 0 bridgehead atoms. The molecule has 1 aromatic rings. The number of carbonyl (C=O) groups is 2. The number of anilines is 1. The summed E-state index contributed by atoms with van der Waals surface area (Å²) < 4.78 is 6.00. The van der Waals surface area contributed by atoms with Gasteiger partial charge < -0.3 is 15.4 Å². The van der Waals surface area contributed by atoms with Crippen LogP contribution in [0.4, 0.5) is 5.69 Å². The molecule has 0 saturated carbocycles. The van der Waals surface area contributed by atoms with E-state index in [2.05, 4.69) is 13.8 Å². The van der Waals surface area contributed by atoms with Gasteiger partial charge in [-0.3, -0.25) is 9.59 Å². The minimum absolute atomic E-state index is 0.107. The molecule has 6 heteroatoms. The van der Waals surface area contributed by atoms with Crippen molar-refractivity contribution in [1.29, 1.82) is 0 Å². The minimum atomic E-state index is -0.616. The van der Waals surface area contributed by atoms with Crippen LogP contribution in [0.1, 0.15) is 56.3 Å². The summed E-state index contributed by atoms with van der Waals surface area (Å²) in [5.41, 5.74) is 6.16. The Labute approximate surface area is 148 Å². The summed E-state index contributed by atoms with van der Waals surface area (Å²) in [6.07, 6.45) is 4.48. The van der Waals surface area contributed by atoms with E-state index in [1.807, 2.05) is 0 Å². The van der Waals surface area contributed by atoms with Crippen LogP contribution in [0.5, 0.6) is 5.75 Å². The number of halogens is 1. The lowest BCUT2D eigenvalue weighted by Gasteiger charge is -2.36. The maximum Gasteiger partial charge on any atom is 0.268 e. The van der Waals surface area contributed by atoms with Crippen molar-refractivity contribution in [2.75, 3.05) is 11.9 Å². The molecule has 2 unspecified atom stereocenters. The number of hydrogen-bond donors (Lipinski definition) is 1. The quantitative estimate of drug-likeness (QED) is 0.759. The third kappa shape index (κ3) is 3.66. The van der Waals surface area contributed by atoms with Crippen LogP contribution >= 0.6 is 11.6 Å². The van der Waals surface area contributed by atoms with E-state index in [-0.39, 0.29) is 17.4 Å². The molecule has 0 aromatic heterocycles. The van der Waals surface area contributed by atoms with Gasteiger partial charge in [0.1, 0.15) is 0 Å². The second-order valence-electron chi connectivity index (χ2n) is 6.27. The zero-order valence-corrected chi connectivity index (χ0v) is 15.2. The van der Waals surface area contributed by atoms with Crippen molar-refractivity contribution in [3.05, 3.63) is 22.7 Å². The average molecular weight is 353 g/mol. The Morgan fingerprint density at radius 2 is 2.08 bits per heavy atom. The summed E-state index contributed by atoms with van der Waals surface area (Å²) in [5.74, 6) is -0.262. The highest BCUT2D eigenvalue weighted by Crippen LogP contribution is 2.41. The topological polar surface area (TPSA) is 72.6 Å². The molecule has 2 amide bonds. The normalized spacial score (nSPS) is 18.1. The predicted molar refractivity (Wildman–Crippen MR) is 95.7 cm³/mol. The van der Waals surface area contributed by atoms with Crippen LogP contribution in [-0.2, 0) is 4.79 Å². The summed E-state index contributed by atoms with van der Waals surface area (Å²) in [7, 11) is 1.68. The zero-order chi connectivity index (χ0) is 17.9. The maximum atomic E-state index is 12.8. The molecule has 24 heavy (non-hydrogen) atoms. The van der Waals surface area contributed by atoms with Gasteiger partial charge in [0.15, 0.2) is 11.9 Å². The van der Waals surface area contributed by atoms with Crippen molar-refractivity contribution in [2.45, 2.75) is 52.1 Å². The fourth-order valence-electron chi connectivity index (χ4n) is 3.15. The van der Waals surface area contributed by atoms with Crippen molar-refractivity contribution < 1.29 is 14.3 Å². The molecule has 2 rings (SSSR count). The second-order valence-corrected chi connectivity index (χ2v) is 6.70. The standard InChI is InChI=1S/C18H25ClN2O3/c1-4-6-7-8-11(5-2)15-18(23)21(3)14-10-12(19)9-13(17(20)22)16(14)24-15/h9-11,15H,4-8H2,1-3H3,(H2,20,22). The monoisotopic (exact) mass is 352 g/mol. The first-order valence-electron chi connectivity index (χ1n) is 8.48. The third-order valence-corrected chi connectivity index (χ3v) is 4.83. The molecule has 2 N–H and O–H groups in total. The van der Waals surface area contributed by atoms with Crippen LogP contribution in [0, 0.1) is 5.92 Å². The summed E-state index contributed by atoms with van der Waals surface area (Å²) in [4.78, 5) is 26.0. The Bertz CT molecular complexity index is 633. The van der Waals surface area contributed by atoms with Gasteiger partial charge in [-0.2, -0.15) is 0 Å². The average Bonchev–Trinajstić information content (AvgIpc) is 2.55. The summed E-state index contributed by atoms with van der Waals surface area (Å²) in [5, 5.41) is 0.347. The molecule has 0 spiro atoms. The number of ether oxygens (including phenoxy) is 1. The van der Waals surface area contributed by atoms with E-state index in [1.165, 1.54) is 11.0 Å². The second kappa shape index (κ2) is 7.88. The fraction of sp³-hybridized carbons (Fsp3) is 0.556. The van der Waals surface area contributed by atoms with Gasteiger partial charge in [-0.05, 0) is 25.0 Å². The Hall–Kier alpha value is -1.75. The first-order valence-corrected chi connectivity index (χ1v) is 8.86. The molecule has 0 radical (unpaired) electrons. The summed E-state index contributed by atoms with van der Waals surface area (Å²) in [6, 6.07) is 3.11. The van der Waals surface area contributed by atoms with Crippen molar-refractivity contribution in [2.24, 2.45) is 11.7 Å². The lowest BCUT2D eigenvalue weighted by Crippen LogP contribution is -2.48. The highest BCUT2D eigenvalue weighted by molar-refractivity contribution is 6.31. The number of hydrogen-bond acceptors (Lipinski definition) is 3. The van der Waals surface area contributed by atoms with Crippen LogP contribution in [0.25, 0.3) is 0 Å². The van der Waals surface area contributed by atoms with E-state index < -0.39 is 12.0 Å². The van der Waals surface area contributed by atoms with Gasteiger partial charge in [0.05, 0.1) is 11.3 Å². The van der Waals surface area contributed by atoms with Crippen LogP contribution < -0.4 is 15.4 Å². The van der Waals surface area contributed by atoms with Crippen LogP contribution in [0.2, 0.25) is 5.02 Å². The van der Waals surface area contributed by atoms with Crippen molar-refractivity contribution in [1.82, 2.24) is 0 Å².